The van der Waals surface area contributed by atoms with Gasteiger partial charge in [-0.2, -0.15) is 0 Å². The molecule has 160 valence electrons. The maximum atomic E-state index is 14.3. The number of nitrogens with one attached hydrogen (secondary N) is 1. The van der Waals surface area contributed by atoms with E-state index in [2.05, 4.69) is 15.3 Å². The van der Waals surface area contributed by atoms with Crippen molar-refractivity contribution in [1.82, 2.24) is 14.5 Å². The molecule has 1 aromatic carbocycles. The van der Waals surface area contributed by atoms with Gasteiger partial charge >= 0.3 is 0 Å². The summed E-state index contributed by atoms with van der Waals surface area (Å²) < 4.78 is 41.8. The predicted molar refractivity (Wildman–Crippen MR) is 111 cm³/mol. The van der Waals surface area contributed by atoms with E-state index in [-0.39, 0.29) is 23.2 Å². The van der Waals surface area contributed by atoms with E-state index in [1.54, 1.807) is 17.7 Å². The highest BCUT2D eigenvalue weighted by atomic mass is 19.3. The summed E-state index contributed by atoms with van der Waals surface area (Å²) in [4.78, 5) is 21.1. The van der Waals surface area contributed by atoms with Crippen LogP contribution in [0.4, 0.5) is 19.0 Å². The molecule has 2 aromatic heterocycles. The Balaban J connectivity index is 0.00000124. The number of hydrogen-bond acceptors (Lipinski definition) is 4. The van der Waals surface area contributed by atoms with E-state index in [9.17, 15) is 18.0 Å². The van der Waals surface area contributed by atoms with Crippen LogP contribution in [-0.2, 0) is 12.1 Å². The Morgan fingerprint density at radius 3 is 2.57 bits per heavy atom. The second kappa shape index (κ2) is 8.45. The Bertz CT molecular complexity index is 1120. The fourth-order valence-electron chi connectivity index (χ4n) is 3.28. The molecule has 30 heavy (non-hydrogen) atoms. The van der Waals surface area contributed by atoms with Gasteiger partial charge in [-0.3, -0.25) is 4.79 Å². The van der Waals surface area contributed by atoms with Gasteiger partial charge in [0, 0.05) is 29.9 Å². The third kappa shape index (κ3) is 4.17. The minimum absolute atomic E-state index is 0.0195. The first-order chi connectivity index (χ1) is 14.3. The predicted octanol–water partition coefficient (Wildman–Crippen LogP) is 5.32. The summed E-state index contributed by atoms with van der Waals surface area (Å²) in [7, 11) is 0. The van der Waals surface area contributed by atoms with Crippen LogP contribution in [0.3, 0.4) is 0 Å². The first kappa shape index (κ1) is 21.8. The van der Waals surface area contributed by atoms with E-state index < -0.39 is 17.8 Å². The Kier molecular flexibility index (Phi) is 6.14. The first-order valence-corrected chi connectivity index (χ1v) is 9.99. The maximum Gasteiger partial charge on any atom is 0.266 e. The van der Waals surface area contributed by atoms with Gasteiger partial charge in [-0.1, -0.05) is 32.0 Å². The number of hydrogen-bond donors (Lipinski definition) is 1. The normalized spacial score (nSPS) is 14.4. The SMILES string of the molecule is CC.Cc1nc(NCc2cccc(C(F)F)c2F)c2cn(C3(C)CC3)c(=O)cc2n1. The summed E-state index contributed by atoms with van der Waals surface area (Å²) in [5, 5.41) is 3.65. The van der Waals surface area contributed by atoms with E-state index in [0.717, 1.165) is 18.9 Å². The monoisotopic (exact) mass is 418 g/mol. The molecule has 0 radical (unpaired) electrons. The molecular weight excluding hydrogens is 393 g/mol. The number of benzene rings is 1. The highest BCUT2D eigenvalue weighted by Gasteiger charge is 2.40. The molecule has 1 saturated carbocycles. The van der Waals surface area contributed by atoms with Gasteiger partial charge < -0.3 is 9.88 Å². The van der Waals surface area contributed by atoms with Crippen LogP contribution in [0.2, 0.25) is 0 Å². The van der Waals surface area contributed by atoms with Gasteiger partial charge in [0.1, 0.15) is 17.5 Å². The van der Waals surface area contributed by atoms with Crippen LogP contribution >= 0.6 is 0 Å². The zero-order valence-electron chi connectivity index (χ0n) is 17.5. The minimum atomic E-state index is -2.88. The highest BCUT2D eigenvalue weighted by Crippen LogP contribution is 2.42. The molecule has 1 aliphatic rings. The Morgan fingerprint density at radius 2 is 1.93 bits per heavy atom. The van der Waals surface area contributed by atoms with Crippen LogP contribution in [0.15, 0.2) is 35.3 Å². The molecule has 1 N–H and O–H groups in total. The molecule has 8 heteroatoms. The lowest BCUT2D eigenvalue weighted by atomic mass is 10.1. The standard InChI is InChI=1S/C20H19F3N4O.C2H6/c1-11-25-15-8-16(28)27(20(2)6-7-20)10-14(15)19(26-11)24-9-12-4-3-5-13(17(12)21)18(22)23;1-2/h3-5,8,10,18H,6-7,9H2,1-2H3,(H,24,25,26);1-2H3. The number of alkyl halides is 2. The molecule has 0 atom stereocenters. The lowest BCUT2D eigenvalue weighted by molar-refractivity contribution is 0.146. The number of nitrogens with zero attached hydrogens (tertiary/aromatic N) is 3. The summed E-state index contributed by atoms with van der Waals surface area (Å²) in [6.07, 6.45) is 0.674. The molecule has 1 aliphatic carbocycles. The van der Waals surface area contributed by atoms with E-state index in [1.807, 2.05) is 20.8 Å². The molecule has 0 aliphatic heterocycles. The van der Waals surface area contributed by atoms with Crippen molar-refractivity contribution >= 4 is 16.7 Å². The van der Waals surface area contributed by atoms with Crippen molar-refractivity contribution in [2.45, 2.75) is 59.0 Å². The Hall–Kier alpha value is -2.90. The number of pyridine rings is 1. The second-order valence-electron chi connectivity index (χ2n) is 7.37. The Morgan fingerprint density at radius 1 is 1.23 bits per heavy atom. The summed E-state index contributed by atoms with van der Waals surface area (Å²) >= 11 is 0. The van der Waals surface area contributed by atoms with Crippen LogP contribution in [0, 0.1) is 12.7 Å². The van der Waals surface area contributed by atoms with E-state index in [1.165, 1.54) is 18.2 Å². The molecule has 4 rings (SSSR count). The smallest absolute Gasteiger partial charge is 0.266 e. The highest BCUT2D eigenvalue weighted by molar-refractivity contribution is 5.88. The summed E-state index contributed by atoms with van der Waals surface area (Å²) in [5.41, 5.74) is -0.358. The zero-order valence-corrected chi connectivity index (χ0v) is 17.5. The number of halogens is 3. The number of anilines is 1. The van der Waals surface area contributed by atoms with Crippen LogP contribution in [0.5, 0.6) is 0 Å². The van der Waals surface area contributed by atoms with Crippen molar-refractivity contribution in [3.8, 4) is 0 Å². The molecule has 2 heterocycles. The Labute approximate surface area is 173 Å². The fourth-order valence-corrected chi connectivity index (χ4v) is 3.28. The molecule has 5 nitrogen and oxygen atoms in total. The average Bonchev–Trinajstić information content (AvgIpc) is 3.45. The van der Waals surface area contributed by atoms with Gasteiger partial charge in [0.05, 0.1) is 16.5 Å². The van der Waals surface area contributed by atoms with Crippen molar-refractivity contribution in [3.05, 3.63) is 63.6 Å². The van der Waals surface area contributed by atoms with Crippen LogP contribution < -0.4 is 10.9 Å². The van der Waals surface area contributed by atoms with E-state index >= 15 is 0 Å². The van der Waals surface area contributed by atoms with Gasteiger partial charge in [0.25, 0.3) is 12.0 Å². The van der Waals surface area contributed by atoms with Crippen molar-refractivity contribution in [2.75, 3.05) is 5.32 Å². The summed E-state index contributed by atoms with van der Waals surface area (Å²) in [5.74, 6) is -0.0450. The number of aromatic nitrogens is 3. The van der Waals surface area contributed by atoms with Crippen molar-refractivity contribution < 1.29 is 13.2 Å². The van der Waals surface area contributed by atoms with Crippen molar-refractivity contribution in [2.24, 2.45) is 0 Å². The van der Waals surface area contributed by atoms with Crippen molar-refractivity contribution in [1.29, 1.82) is 0 Å². The third-order valence-corrected chi connectivity index (χ3v) is 5.19. The van der Waals surface area contributed by atoms with Crippen LogP contribution in [0.1, 0.15) is 57.0 Å². The molecular formula is C22H25F3N4O. The minimum Gasteiger partial charge on any atom is -0.365 e. The number of rotatable bonds is 5. The largest absolute Gasteiger partial charge is 0.365 e. The number of fused-ring (bicyclic) bond motifs is 1. The average molecular weight is 418 g/mol. The van der Waals surface area contributed by atoms with Gasteiger partial charge in [-0.15, -0.1) is 0 Å². The summed E-state index contributed by atoms with van der Waals surface area (Å²) in [6.45, 7) is 7.68. The number of aryl methyl sites for hydroxylation is 1. The topological polar surface area (TPSA) is 59.8 Å². The molecule has 0 amide bonds. The molecule has 3 aromatic rings. The van der Waals surface area contributed by atoms with Crippen LogP contribution in [0.25, 0.3) is 10.9 Å². The van der Waals surface area contributed by atoms with Gasteiger partial charge in [-0.05, 0) is 26.7 Å². The fraction of sp³-hybridized carbons (Fsp3) is 0.409. The molecule has 0 saturated heterocycles. The quantitative estimate of drug-likeness (QED) is 0.609. The zero-order chi connectivity index (χ0) is 22.1. The molecule has 0 unspecified atom stereocenters. The van der Waals surface area contributed by atoms with Gasteiger partial charge in [0.2, 0.25) is 0 Å². The maximum absolute atomic E-state index is 14.3. The summed E-state index contributed by atoms with van der Waals surface area (Å²) in [6, 6.07) is 5.39. The molecule has 0 bridgehead atoms. The van der Waals surface area contributed by atoms with Crippen molar-refractivity contribution in [3.63, 3.8) is 0 Å². The first-order valence-electron chi connectivity index (χ1n) is 9.99. The molecule has 1 fully saturated rings. The van der Waals surface area contributed by atoms with Gasteiger partial charge in [-0.25, -0.2) is 23.1 Å². The third-order valence-electron chi connectivity index (χ3n) is 5.19. The van der Waals surface area contributed by atoms with E-state index in [0.29, 0.717) is 22.5 Å². The lowest BCUT2D eigenvalue weighted by Crippen LogP contribution is -2.27. The van der Waals surface area contributed by atoms with Crippen LogP contribution in [-0.4, -0.2) is 14.5 Å². The van der Waals surface area contributed by atoms with E-state index in [4.69, 9.17) is 0 Å². The molecule has 0 spiro atoms. The lowest BCUT2D eigenvalue weighted by Gasteiger charge is -2.16. The van der Waals surface area contributed by atoms with Gasteiger partial charge in [0.15, 0.2) is 0 Å². The second-order valence-corrected chi connectivity index (χ2v) is 7.37.